The van der Waals surface area contributed by atoms with Crippen LogP contribution in [-0.2, 0) is 4.79 Å². The molecule has 4 heteroatoms. The molecule has 11 heavy (non-hydrogen) atoms. The highest BCUT2D eigenvalue weighted by Crippen LogP contribution is 1.98. The van der Waals surface area contributed by atoms with Crippen molar-refractivity contribution >= 4 is 11.9 Å². The Kier molecular flexibility index (Phi) is 1.18. The van der Waals surface area contributed by atoms with Crippen molar-refractivity contribution in [2.45, 2.75) is 0 Å². The summed E-state index contributed by atoms with van der Waals surface area (Å²) in [6, 6.07) is 3.32. The molecule has 0 bridgehead atoms. The average Bonchev–Trinajstić information content (AvgIpc) is 2.46. The third kappa shape index (κ3) is 0.881. The van der Waals surface area contributed by atoms with Gasteiger partial charge in [0, 0.05) is 18.5 Å². The Bertz CT molecular complexity index is 360. The third-order valence-electron chi connectivity index (χ3n) is 1.34. The van der Waals surface area contributed by atoms with Gasteiger partial charge in [0.2, 0.25) is 0 Å². The third-order valence-corrected chi connectivity index (χ3v) is 1.34. The summed E-state index contributed by atoms with van der Waals surface area (Å²) < 4.78 is 1.53. The zero-order chi connectivity index (χ0) is 7.68. The number of nitrogens with zero attached hydrogens (tertiary/aromatic N) is 3. The lowest BCUT2D eigenvalue weighted by molar-refractivity contribution is 0.561. The van der Waals surface area contributed by atoms with Crippen molar-refractivity contribution in [2.75, 3.05) is 0 Å². The SMILES string of the molecule is O=[C]c1cc2ncccn2n1. The second-order valence-electron chi connectivity index (χ2n) is 2.05. The van der Waals surface area contributed by atoms with Crippen LogP contribution in [0.15, 0.2) is 24.5 Å². The van der Waals surface area contributed by atoms with Crippen LogP contribution >= 0.6 is 0 Å². The number of hydrogen-bond acceptors (Lipinski definition) is 3. The predicted molar refractivity (Wildman–Crippen MR) is 37.8 cm³/mol. The molecule has 0 spiro atoms. The smallest absolute Gasteiger partial charge is 0.255 e. The Labute approximate surface area is 62.5 Å². The molecule has 0 saturated carbocycles. The summed E-state index contributed by atoms with van der Waals surface area (Å²) in [7, 11) is 0. The van der Waals surface area contributed by atoms with E-state index in [0.29, 0.717) is 5.65 Å². The van der Waals surface area contributed by atoms with Crippen molar-refractivity contribution in [2.24, 2.45) is 0 Å². The Morgan fingerprint density at radius 3 is 3.18 bits per heavy atom. The van der Waals surface area contributed by atoms with E-state index in [1.807, 2.05) is 0 Å². The minimum absolute atomic E-state index is 0.281. The topological polar surface area (TPSA) is 47.3 Å². The fourth-order valence-corrected chi connectivity index (χ4v) is 0.880. The summed E-state index contributed by atoms with van der Waals surface area (Å²) in [4.78, 5) is 14.1. The highest BCUT2D eigenvalue weighted by molar-refractivity contribution is 5.74. The first-order chi connectivity index (χ1) is 5.40. The molecule has 2 aromatic heterocycles. The highest BCUT2D eigenvalue weighted by atomic mass is 16.1. The van der Waals surface area contributed by atoms with Gasteiger partial charge in [0.25, 0.3) is 6.29 Å². The van der Waals surface area contributed by atoms with Crippen LogP contribution in [0.5, 0.6) is 0 Å². The number of fused-ring (bicyclic) bond motifs is 1. The molecule has 0 aliphatic rings. The van der Waals surface area contributed by atoms with Gasteiger partial charge >= 0.3 is 0 Å². The van der Waals surface area contributed by atoms with Gasteiger partial charge in [0.05, 0.1) is 0 Å². The molecular weight excluding hydrogens is 142 g/mol. The van der Waals surface area contributed by atoms with Gasteiger partial charge in [0.1, 0.15) is 5.69 Å². The zero-order valence-corrected chi connectivity index (χ0v) is 5.56. The molecule has 53 valence electrons. The normalized spacial score (nSPS) is 10.2. The van der Waals surface area contributed by atoms with Crippen molar-refractivity contribution in [3.63, 3.8) is 0 Å². The Morgan fingerprint density at radius 1 is 1.55 bits per heavy atom. The maximum atomic E-state index is 10.1. The van der Waals surface area contributed by atoms with Crippen molar-refractivity contribution in [1.29, 1.82) is 0 Å². The Hall–Kier alpha value is -1.71. The standard InChI is InChI=1S/C7H4N3O/c11-5-6-4-7-8-2-1-3-10(7)9-6/h1-4H. The van der Waals surface area contributed by atoms with Gasteiger partial charge in [-0.25, -0.2) is 9.50 Å². The van der Waals surface area contributed by atoms with Crippen LogP contribution in [-0.4, -0.2) is 20.9 Å². The fourth-order valence-electron chi connectivity index (χ4n) is 0.880. The first kappa shape index (κ1) is 6.03. The van der Waals surface area contributed by atoms with E-state index >= 15 is 0 Å². The minimum Gasteiger partial charge on any atom is -0.283 e. The van der Waals surface area contributed by atoms with Crippen LogP contribution in [0.25, 0.3) is 5.65 Å². The number of hydrogen-bond donors (Lipinski definition) is 0. The van der Waals surface area contributed by atoms with Gasteiger partial charge in [-0.3, -0.25) is 4.79 Å². The lowest BCUT2D eigenvalue weighted by Crippen LogP contribution is -1.87. The molecule has 0 saturated heterocycles. The monoisotopic (exact) mass is 146 g/mol. The second-order valence-corrected chi connectivity index (χ2v) is 2.05. The van der Waals surface area contributed by atoms with Crippen LogP contribution in [0.4, 0.5) is 0 Å². The van der Waals surface area contributed by atoms with E-state index in [0.717, 1.165) is 0 Å². The Morgan fingerprint density at radius 2 is 2.45 bits per heavy atom. The van der Waals surface area contributed by atoms with Crippen LogP contribution in [0.2, 0.25) is 0 Å². The molecule has 0 amide bonds. The largest absolute Gasteiger partial charge is 0.283 e. The lowest BCUT2D eigenvalue weighted by atomic mass is 10.5. The van der Waals surface area contributed by atoms with Gasteiger partial charge in [-0.2, -0.15) is 5.10 Å². The molecule has 2 rings (SSSR count). The van der Waals surface area contributed by atoms with E-state index in [1.54, 1.807) is 30.8 Å². The number of carbonyl (C=O) groups excluding carboxylic acids is 1. The molecular formula is C7H4N3O. The number of aromatic nitrogens is 3. The van der Waals surface area contributed by atoms with E-state index < -0.39 is 0 Å². The lowest BCUT2D eigenvalue weighted by Gasteiger charge is -1.85. The van der Waals surface area contributed by atoms with Crippen LogP contribution < -0.4 is 0 Å². The van der Waals surface area contributed by atoms with Crippen LogP contribution in [0, 0.1) is 0 Å². The molecule has 0 N–H and O–H groups in total. The summed E-state index contributed by atoms with van der Waals surface area (Å²) in [5, 5.41) is 3.86. The van der Waals surface area contributed by atoms with Crippen molar-refractivity contribution in [3.8, 4) is 0 Å². The maximum Gasteiger partial charge on any atom is 0.255 e. The zero-order valence-electron chi connectivity index (χ0n) is 5.56. The van der Waals surface area contributed by atoms with Gasteiger partial charge in [-0.15, -0.1) is 0 Å². The van der Waals surface area contributed by atoms with Crippen LogP contribution in [0.3, 0.4) is 0 Å². The fraction of sp³-hybridized carbons (Fsp3) is 0. The molecule has 0 atom stereocenters. The first-order valence-electron chi connectivity index (χ1n) is 3.09. The summed E-state index contributed by atoms with van der Waals surface area (Å²) in [5.74, 6) is 0. The summed E-state index contributed by atoms with van der Waals surface area (Å²) in [6.45, 7) is 0. The summed E-state index contributed by atoms with van der Waals surface area (Å²) in [6.07, 6.45) is 5.06. The summed E-state index contributed by atoms with van der Waals surface area (Å²) in [5.41, 5.74) is 0.939. The van der Waals surface area contributed by atoms with Crippen molar-refractivity contribution in [1.82, 2.24) is 14.6 Å². The van der Waals surface area contributed by atoms with Crippen molar-refractivity contribution in [3.05, 3.63) is 30.2 Å². The first-order valence-corrected chi connectivity index (χ1v) is 3.09. The molecule has 2 aromatic rings. The van der Waals surface area contributed by atoms with Crippen LogP contribution in [0.1, 0.15) is 5.69 Å². The molecule has 0 aromatic carbocycles. The maximum absolute atomic E-state index is 10.1. The van der Waals surface area contributed by atoms with E-state index in [9.17, 15) is 4.79 Å². The van der Waals surface area contributed by atoms with Gasteiger partial charge in [0.15, 0.2) is 5.65 Å². The average molecular weight is 146 g/mol. The molecule has 1 radical (unpaired) electrons. The molecule has 0 fully saturated rings. The molecule has 0 aliphatic heterocycles. The molecule has 4 nitrogen and oxygen atoms in total. The number of rotatable bonds is 1. The van der Waals surface area contributed by atoms with E-state index in [-0.39, 0.29) is 5.69 Å². The molecule has 0 unspecified atom stereocenters. The van der Waals surface area contributed by atoms with Gasteiger partial charge in [-0.05, 0) is 6.07 Å². The molecule has 0 aliphatic carbocycles. The Balaban J connectivity index is 2.78. The minimum atomic E-state index is 0.281. The summed E-state index contributed by atoms with van der Waals surface area (Å²) >= 11 is 0. The van der Waals surface area contributed by atoms with Gasteiger partial charge in [-0.1, -0.05) is 0 Å². The van der Waals surface area contributed by atoms with E-state index in [4.69, 9.17) is 0 Å². The quantitative estimate of drug-likeness (QED) is 0.576. The van der Waals surface area contributed by atoms with E-state index in [1.165, 1.54) is 4.52 Å². The van der Waals surface area contributed by atoms with Gasteiger partial charge < -0.3 is 0 Å². The second kappa shape index (κ2) is 2.16. The highest BCUT2D eigenvalue weighted by Gasteiger charge is 1.98. The van der Waals surface area contributed by atoms with E-state index in [2.05, 4.69) is 10.1 Å². The molecule has 2 heterocycles. The predicted octanol–water partition coefficient (Wildman–Crippen LogP) is 0.187. The van der Waals surface area contributed by atoms with Crippen molar-refractivity contribution < 1.29 is 4.79 Å².